The van der Waals surface area contributed by atoms with Crippen LogP contribution in [0.1, 0.15) is 31.0 Å². The molecule has 2 aromatic carbocycles. The molecule has 4 heterocycles. The topological polar surface area (TPSA) is 85.3 Å². The molecule has 1 atom stereocenters. The number of fused-ring (bicyclic) bond motifs is 2. The van der Waals surface area contributed by atoms with Crippen molar-refractivity contribution >= 4 is 28.2 Å². The van der Waals surface area contributed by atoms with Gasteiger partial charge in [0.05, 0.1) is 18.8 Å². The zero-order chi connectivity index (χ0) is 28.3. The molecule has 1 N–H and O–H groups in total. The van der Waals surface area contributed by atoms with Crippen LogP contribution in [0.15, 0.2) is 49.1 Å². The van der Waals surface area contributed by atoms with E-state index in [-0.39, 0.29) is 11.7 Å². The van der Waals surface area contributed by atoms with Gasteiger partial charge in [-0.05, 0) is 49.9 Å². The van der Waals surface area contributed by atoms with Crippen LogP contribution in [-0.2, 0) is 17.8 Å². The molecule has 3 aromatic rings. The molecule has 3 aliphatic heterocycles. The van der Waals surface area contributed by atoms with E-state index in [0.717, 1.165) is 72.6 Å². The van der Waals surface area contributed by atoms with Crippen molar-refractivity contribution in [2.75, 3.05) is 68.8 Å². The average molecular weight is 557 g/mol. The number of hydrogen-bond acceptors (Lipinski definition) is 8. The number of carbonyl (C=O) groups excluding carboxylic acids is 1. The highest BCUT2D eigenvalue weighted by molar-refractivity contribution is 5.95. The molecule has 2 saturated heterocycles. The summed E-state index contributed by atoms with van der Waals surface area (Å²) >= 11 is 0. The summed E-state index contributed by atoms with van der Waals surface area (Å²) in [6.07, 6.45) is 4.48. The Bertz CT molecular complexity index is 1420. The number of phenolic OH excluding ortho intramolecular Hbond substituents is 1. The highest BCUT2D eigenvalue weighted by atomic mass is 16.5. The SMILES string of the molecule is C=CC(=O)N1CCN(c2nc(OCC3CCN(CCC)C3)nc3c2CCN(c2cc(O)cc4ccccc24)C3)CC1. The number of phenols is 1. The van der Waals surface area contributed by atoms with Crippen molar-refractivity contribution in [2.45, 2.75) is 32.7 Å². The minimum Gasteiger partial charge on any atom is -0.508 e. The quantitative estimate of drug-likeness (QED) is 0.419. The van der Waals surface area contributed by atoms with Crippen LogP contribution in [0.2, 0.25) is 0 Å². The molecule has 216 valence electrons. The van der Waals surface area contributed by atoms with Gasteiger partial charge in [-0.25, -0.2) is 0 Å². The number of nitrogens with zero attached hydrogens (tertiary/aromatic N) is 6. The van der Waals surface area contributed by atoms with Crippen LogP contribution in [0.3, 0.4) is 0 Å². The van der Waals surface area contributed by atoms with Gasteiger partial charge >= 0.3 is 6.01 Å². The third-order valence-electron chi connectivity index (χ3n) is 8.61. The fourth-order valence-electron chi connectivity index (χ4n) is 6.49. The van der Waals surface area contributed by atoms with Gasteiger partial charge in [-0.2, -0.15) is 9.97 Å². The summed E-state index contributed by atoms with van der Waals surface area (Å²) in [7, 11) is 0. The Labute approximate surface area is 242 Å². The van der Waals surface area contributed by atoms with E-state index in [9.17, 15) is 9.90 Å². The van der Waals surface area contributed by atoms with Crippen molar-refractivity contribution in [3.63, 3.8) is 0 Å². The third kappa shape index (κ3) is 5.81. The van der Waals surface area contributed by atoms with Gasteiger partial charge in [-0.3, -0.25) is 4.79 Å². The molecule has 41 heavy (non-hydrogen) atoms. The highest BCUT2D eigenvalue weighted by Gasteiger charge is 2.30. The molecule has 6 rings (SSSR count). The maximum atomic E-state index is 12.2. The molecule has 0 radical (unpaired) electrons. The van der Waals surface area contributed by atoms with E-state index in [0.29, 0.717) is 51.3 Å². The Morgan fingerprint density at radius 1 is 1.10 bits per heavy atom. The van der Waals surface area contributed by atoms with Crippen LogP contribution in [0.25, 0.3) is 10.8 Å². The number of carbonyl (C=O) groups is 1. The van der Waals surface area contributed by atoms with Crippen molar-refractivity contribution < 1.29 is 14.6 Å². The molecule has 9 nitrogen and oxygen atoms in total. The van der Waals surface area contributed by atoms with Gasteiger partial charge in [0.2, 0.25) is 5.91 Å². The molecule has 9 heteroatoms. The number of benzene rings is 2. The van der Waals surface area contributed by atoms with Crippen LogP contribution in [-0.4, -0.2) is 89.7 Å². The van der Waals surface area contributed by atoms with E-state index in [2.05, 4.69) is 34.3 Å². The Morgan fingerprint density at radius 2 is 1.93 bits per heavy atom. The predicted octanol–water partition coefficient (Wildman–Crippen LogP) is 3.84. The number of piperazine rings is 1. The minimum absolute atomic E-state index is 0.0268. The van der Waals surface area contributed by atoms with Crippen molar-refractivity contribution in [1.82, 2.24) is 19.8 Å². The van der Waals surface area contributed by atoms with Crippen molar-refractivity contribution in [1.29, 1.82) is 0 Å². The summed E-state index contributed by atoms with van der Waals surface area (Å²) in [5.74, 6) is 1.64. The largest absolute Gasteiger partial charge is 0.508 e. The average Bonchev–Trinajstić information content (AvgIpc) is 3.46. The first-order chi connectivity index (χ1) is 20.0. The summed E-state index contributed by atoms with van der Waals surface area (Å²) in [6, 6.07) is 12.3. The summed E-state index contributed by atoms with van der Waals surface area (Å²) in [6.45, 7) is 13.9. The van der Waals surface area contributed by atoms with Crippen LogP contribution < -0.4 is 14.5 Å². The van der Waals surface area contributed by atoms with Crippen molar-refractivity contribution in [3.8, 4) is 11.8 Å². The van der Waals surface area contributed by atoms with Gasteiger partial charge in [0, 0.05) is 67.9 Å². The van der Waals surface area contributed by atoms with E-state index in [4.69, 9.17) is 14.7 Å². The zero-order valence-corrected chi connectivity index (χ0v) is 24.0. The fourth-order valence-corrected chi connectivity index (χ4v) is 6.49. The Kier molecular flexibility index (Phi) is 7.96. The lowest BCUT2D eigenvalue weighted by Gasteiger charge is -2.38. The molecule has 1 amide bonds. The summed E-state index contributed by atoms with van der Waals surface area (Å²) < 4.78 is 6.31. The number of hydrogen-bond donors (Lipinski definition) is 1. The molecule has 0 spiro atoms. The van der Waals surface area contributed by atoms with E-state index in [1.807, 2.05) is 35.2 Å². The lowest BCUT2D eigenvalue weighted by molar-refractivity contribution is -0.126. The highest BCUT2D eigenvalue weighted by Crippen LogP contribution is 2.36. The van der Waals surface area contributed by atoms with Gasteiger partial charge in [0.1, 0.15) is 11.6 Å². The van der Waals surface area contributed by atoms with Crippen LogP contribution in [0, 0.1) is 5.92 Å². The maximum absolute atomic E-state index is 12.2. The minimum atomic E-state index is -0.0268. The van der Waals surface area contributed by atoms with Gasteiger partial charge in [-0.15, -0.1) is 0 Å². The van der Waals surface area contributed by atoms with E-state index in [1.54, 1.807) is 0 Å². The summed E-state index contributed by atoms with van der Waals surface area (Å²) in [4.78, 5) is 31.0. The van der Waals surface area contributed by atoms with Gasteiger partial charge in [-0.1, -0.05) is 37.8 Å². The second-order valence-electron chi connectivity index (χ2n) is 11.4. The Balaban J connectivity index is 1.27. The second kappa shape index (κ2) is 11.9. The molecular formula is C32H40N6O3. The van der Waals surface area contributed by atoms with Crippen LogP contribution >= 0.6 is 0 Å². The van der Waals surface area contributed by atoms with E-state index < -0.39 is 0 Å². The first-order valence-electron chi connectivity index (χ1n) is 14.9. The fraction of sp³-hybridized carbons (Fsp3) is 0.469. The normalized spacial score (nSPS) is 19.4. The first kappa shape index (κ1) is 27.3. The number of rotatable bonds is 8. The van der Waals surface area contributed by atoms with Gasteiger partial charge in [0.25, 0.3) is 0 Å². The molecule has 1 unspecified atom stereocenters. The number of aromatic nitrogens is 2. The lowest BCUT2D eigenvalue weighted by atomic mass is 10.0. The Morgan fingerprint density at radius 3 is 2.73 bits per heavy atom. The third-order valence-corrected chi connectivity index (χ3v) is 8.61. The molecule has 0 bridgehead atoms. The smallest absolute Gasteiger partial charge is 0.318 e. The maximum Gasteiger partial charge on any atom is 0.318 e. The molecule has 1 aromatic heterocycles. The second-order valence-corrected chi connectivity index (χ2v) is 11.4. The molecular weight excluding hydrogens is 516 g/mol. The van der Waals surface area contributed by atoms with Crippen LogP contribution in [0.5, 0.6) is 11.8 Å². The molecule has 0 saturated carbocycles. The number of likely N-dealkylation sites (tertiary alicyclic amines) is 1. The standard InChI is InChI=1S/C32H40N6O3/c1-3-11-35-12-9-23(20-35)22-41-32-33-28-21-38(29-19-25(39)18-24-7-5-6-8-26(24)29)13-10-27(28)31(34-32)37-16-14-36(15-17-37)30(40)4-2/h4-8,18-19,23,39H,2-3,9-17,20-22H2,1H3. The Hall–Kier alpha value is -3.85. The number of anilines is 2. The number of amides is 1. The summed E-state index contributed by atoms with van der Waals surface area (Å²) in [5.41, 5.74) is 3.12. The lowest BCUT2D eigenvalue weighted by Crippen LogP contribution is -2.49. The van der Waals surface area contributed by atoms with E-state index in [1.165, 1.54) is 12.5 Å². The molecule has 3 aliphatic rings. The van der Waals surface area contributed by atoms with Gasteiger partial charge < -0.3 is 29.4 Å². The van der Waals surface area contributed by atoms with Crippen molar-refractivity contribution in [3.05, 3.63) is 60.3 Å². The van der Waals surface area contributed by atoms with Crippen LogP contribution in [0.4, 0.5) is 11.5 Å². The molecule has 0 aliphatic carbocycles. The predicted molar refractivity (Wildman–Crippen MR) is 162 cm³/mol. The monoisotopic (exact) mass is 556 g/mol. The number of aromatic hydroxyl groups is 1. The first-order valence-corrected chi connectivity index (χ1v) is 14.9. The van der Waals surface area contributed by atoms with E-state index >= 15 is 0 Å². The zero-order valence-electron chi connectivity index (χ0n) is 24.0. The number of ether oxygens (including phenoxy) is 1. The molecule has 2 fully saturated rings. The van der Waals surface area contributed by atoms with Crippen molar-refractivity contribution in [2.24, 2.45) is 5.92 Å². The summed E-state index contributed by atoms with van der Waals surface area (Å²) in [5, 5.41) is 12.6. The van der Waals surface area contributed by atoms with Gasteiger partial charge in [0.15, 0.2) is 0 Å².